The second-order valence-electron chi connectivity index (χ2n) is 14.5. The molecule has 0 saturated carbocycles. The lowest BCUT2D eigenvalue weighted by Gasteiger charge is -2.25. The van der Waals surface area contributed by atoms with E-state index in [2.05, 4.69) is 134 Å². The van der Waals surface area contributed by atoms with Crippen LogP contribution in [0, 0.1) is 0 Å². The molecule has 230 valence electrons. The maximum Gasteiger partial charge on any atom is 0.248 e. The quantitative estimate of drug-likeness (QED) is 0.207. The second-order valence-corrected chi connectivity index (χ2v) is 14.5. The van der Waals surface area contributed by atoms with E-state index >= 15 is 0 Å². The number of nitrogens with one attached hydrogen (secondary N) is 1. The van der Waals surface area contributed by atoms with E-state index in [1.165, 1.54) is 16.7 Å². The first kappa shape index (κ1) is 30.1. The molecule has 0 aliphatic carbocycles. The van der Waals surface area contributed by atoms with Crippen LogP contribution in [0.5, 0.6) is 0 Å². The van der Waals surface area contributed by atoms with Crippen LogP contribution in [0.15, 0.2) is 69.5 Å². The summed E-state index contributed by atoms with van der Waals surface area (Å²) in [5.41, 5.74) is 7.17. The Morgan fingerprint density at radius 1 is 0.467 bits per heavy atom. The lowest BCUT2D eigenvalue weighted by Crippen LogP contribution is -2.16. The van der Waals surface area contributed by atoms with Gasteiger partial charge in [0.25, 0.3) is 0 Å². The molecule has 3 aromatic heterocycles. The molecule has 45 heavy (non-hydrogen) atoms. The van der Waals surface area contributed by atoms with Crippen molar-refractivity contribution >= 4 is 0 Å². The van der Waals surface area contributed by atoms with E-state index in [1.54, 1.807) is 0 Å². The largest absolute Gasteiger partial charge is 0.416 e. The highest BCUT2D eigenvalue weighted by Gasteiger charge is 2.24. The summed E-state index contributed by atoms with van der Waals surface area (Å²) < 4.78 is 12.5. The average molecular weight is 603 g/mol. The number of hydrogen-bond acceptors (Lipinski definition) is 9. The third-order valence-electron chi connectivity index (χ3n) is 7.77. The van der Waals surface area contributed by atoms with Gasteiger partial charge in [0.1, 0.15) is 0 Å². The molecule has 0 unspecified atom stereocenters. The normalized spacial score (nSPS) is 12.6. The molecule has 0 atom stereocenters. The van der Waals surface area contributed by atoms with Crippen LogP contribution >= 0.6 is 0 Å². The van der Waals surface area contributed by atoms with E-state index in [0.29, 0.717) is 46.1 Å². The zero-order valence-electron chi connectivity index (χ0n) is 27.2. The molecule has 6 rings (SSSR count). The number of tetrazole rings is 1. The second kappa shape index (κ2) is 10.9. The van der Waals surface area contributed by atoms with Gasteiger partial charge in [-0.2, -0.15) is 5.21 Å². The van der Waals surface area contributed by atoms with Crippen molar-refractivity contribution in [3.63, 3.8) is 0 Å². The number of aromatic nitrogens is 8. The molecule has 1 N–H and O–H groups in total. The molecule has 3 heterocycles. The van der Waals surface area contributed by atoms with E-state index in [-0.39, 0.29) is 16.2 Å². The van der Waals surface area contributed by atoms with Crippen molar-refractivity contribution in [2.24, 2.45) is 0 Å². The van der Waals surface area contributed by atoms with Crippen molar-refractivity contribution in [1.82, 2.24) is 41.0 Å². The fourth-order valence-corrected chi connectivity index (χ4v) is 4.94. The van der Waals surface area contributed by atoms with Crippen LogP contribution in [0.3, 0.4) is 0 Å². The number of benzene rings is 3. The van der Waals surface area contributed by atoms with Gasteiger partial charge in [-0.15, -0.1) is 30.6 Å². The van der Waals surface area contributed by atoms with Gasteiger partial charge in [-0.3, -0.25) is 0 Å². The van der Waals surface area contributed by atoms with Crippen LogP contribution < -0.4 is 0 Å². The minimum absolute atomic E-state index is 0.0159. The van der Waals surface area contributed by atoms with Crippen molar-refractivity contribution in [2.45, 2.75) is 78.6 Å². The fourth-order valence-electron chi connectivity index (χ4n) is 4.94. The first-order chi connectivity index (χ1) is 21.1. The smallest absolute Gasteiger partial charge is 0.248 e. The van der Waals surface area contributed by atoms with Gasteiger partial charge < -0.3 is 8.83 Å². The summed E-state index contributed by atoms with van der Waals surface area (Å²) in [5, 5.41) is 32.3. The monoisotopic (exact) mass is 602 g/mol. The molecule has 0 aliphatic rings. The lowest BCUT2D eigenvalue weighted by molar-refractivity contribution is 0.564. The predicted octanol–water partition coefficient (Wildman–Crippen LogP) is 8.19. The average Bonchev–Trinajstić information content (AvgIpc) is 3.78. The van der Waals surface area contributed by atoms with Crippen molar-refractivity contribution < 1.29 is 8.83 Å². The molecule has 0 fully saturated rings. The Morgan fingerprint density at radius 2 is 0.911 bits per heavy atom. The highest BCUT2D eigenvalue weighted by Crippen LogP contribution is 2.36. The summed E-state index contributed by atoms with van der Waals surface area (Å²) in [6, 6.07) is 20.3. The van der Waals surface area contributed by atoms with Gasteiger partial charge in [-0.25, -0.2) is 0 Å². The maximum atomic E-state index is 6.32. The van der Waals surface area contributed by atoms with E-state index in [4.69, 9.17) is 8.83 Å². The van der Waals surface area contributed by atoms with Gasteiger partial charge in [0.2, 0.25) is 29.4 Å². The number of hydrogen-bond donors (Lipinski definition) is 1. The molecule has 0 aliphatic heterocycles. The predicted molar refractivity (Wildman–Crippen MR) is 173 cm³/mol. The molecular formula is C35H38N8O2. The third-order valence-corrected chi connectivity index (χ3v) is 7.77. The van der Waals surface area contributed by atoms with E-state index in [0.717, 1.165) is 11.1 Å². The van der Waals surface area contributed by atoms with E-state index in [9.17, 15) is 0 Å². The summed E-state index contributed by atoms with van der Waals surface area (Å²) in [7, 11) is 0. The van der Waals surface area contributed by atoms with Gasteiger partial charge >= 0.3 is 0 Å². The van der Waals surface area contributed by atoms with Crippen LogP contribution in [-0.2, 0) is 16.2 Å². The molecule has 0 spiro atoms. The summed E-state index contributed by atoms with van der Waals surface area (Å²) in [4.78, 5) is 0. The van der Waals surface area contributed by atoms with Crippen LogP contribution in [0.25, 0.3) is 57.2 Å². The van der Waals surface area contributed by atoms with Gasteiger partial charge in [-0.1, -0.05) is 80.5 Å². The summed E-state index contributed by atoms with van der Waals surface area (Å²) in [6.07, 6.45) is 0. The molecule has 6 aromatic rings. The van der Waals surface area contributed by atoms with Crippen molar-refractivity contribution in [3.05, 3.63) is 77.4 Å². The highest BCUT2D eigenvalue weighted by molar-refractivity contribution is 5.74. The van der Waals surface area contributed by atoms with Crippen LogP contribution in [0.4, 0.5) is 0 Å². The van der Waals surface area contributed by atoms with Crippen LogP contribution in [0.1, 0.15) is 79.0 Å². The number of aromatic amines is 1. The molecular weight excluding hydrogens is 564 g/mol. The first-order valence-electron chi connectivity index (χ1n) is 15.0. The summed E-state index contributed by atoms with van der Waals surface area (Å²) in [5.74, 6) is 1.95. The maximum absolute atomic E-state index is 6.32. The fraction of sp³-hybridized carbons (Fsp3) is 0.343. The molecule has 0 amide bonds. The zero-order chi connectivity index (χ0) is 32.1. The third kappa shape index (κ3) is 6.31. The zero-order valence-corrected chi connectivity index (χ0v) is 27.2. The Bertz CT molecular complexity index is 1930. The summed E-state index contributed by atoms with van der Waals surface area (Å²) in [6.45, 7) is 19.7. The topological polar surface area (TPSA) is 132 Å². The highest BCUT2D eigenvalue weighted by atomic mass is 16.4. The SMILES string of the molecule is CC(C)(C)c1cccc(-c2nnc(-c3cc(-c4nn[nH]n4)cc(-c4nnc(-c5cc(C(C)(C)C)cc(C(C)(C)C)c5)o4)c3)o2)c1. The van der Waals surface area contributed by atoms with Gasteiger partial charge in [0.15, 0.2) is 0 Å². The number of H-pyrrole nitrogens is 1. The van der Waals surface area contributed by atoms with E-state index in [1.807, 2.05) is 30.3 Å². The molecule has 0 saturated heterocycles. The van der Waals surface area contributed by atoms with Gasteiger partial charge in [0.05, 0.1) is 0 Å². The molecule has 3 aromatic carbocycles. The number of rotatable bonds is 5. The van der Waals surface area contributed by atoms with Crippen molar-refractivity contribution in [3.8, 4) is 57.2 Å². The van der Waals surface area contributed by atoms with Crippen molar-refractivity contribution in [2.75, 3.05) is 0 Å². The van der Waals surface area contributed by atoms with Gasteiger partial charge in [-0.05, 0) is 80.6 Å². The Morgan fingerprint density at radius 3 is 1.38 bits per heavy atom. The molecule has 0 radical (unpaired) electrons. The Hall–Kier alpha value is -4.99. The Labute approximate surface area is 262 Å². The van der Waals surface area contributed by atoms with Crippen LogP contribution in [0.2, 0.25) is 0 Å². The summed E-state index contributed by atoms with van der Waals surface area (Å²) >= 11 is 0. The minimum Gasteiger partial charge on any atom is -0.416 e. The minimum atomic E-state index is -0.0519. The Kier molecular flexibility index (Phi) is 7.26. The molecule has 0 bridgehead atoms. The van der Waals surface area contributed by atoms with Crippen LogP contribution in [-0.4, -0.2) is 41.0 Å². The van der Waals surface area contributed by atoms with Crippen molar-refractivity contribution in [1.29, 1.82) is 0 Å². The van der Waals surface area contributed by atoms with E-state index < -0.39 is 0 Å². The molecule has 10 nitrogen and oxygen atoms in total. The molecule has 10 heteroatoms. The lowest BCUT2D eigenvalue weighted by atomic mass is 9.79. The number of nitrogens with zero attached hydrogens (tertiary/aromatic N) is 7. The standard InChI is InChI=1S/C35H38N8O2/c1-33(2,3)25-12-10-11-20(16-25)29-38-39-30(44-29)22-13-21(28-36-42-43-37-28)14-23(15-22)31-40-41-32(45-31)24-17-26(34(4,5)6)19-27(18-24)35(7,8)9/h10-19H,1-9H3,(H,36,37,42,43). The van der Waals surface area contributed by atoms with Gasteiger partial charge in [0, 0.05) is 27.8 Å². The Balaban J connectivity index is 1.42. The first-order valence-corrected chi connectivity index (χ1v) is 15.0.